The van der Waals surface area contributed by atoms with Crippen LogP contribution in [0.25, 0.3) is 11.1 Å². The number of methoxy groups -OCH3 is 3. The van der Waals surface area contributed by atoms with Crippen molar-refractivity contribution in [2.45, 2.75) is 83.4 Å². The maximum atomic E-state index is 14.0. The van der Waals surface area contributed by atoms with Crippen molar-refractivity contribution in [3.63, 3.8) is 0 Å². The number of likely N-dealkylation sites (tertiary alicyclic amines) is 1. The molecule has 45 heavy (non-hydrogen) atoms. The SMILES string of the molecule is COc1cc2c(c(OC)c1OC)-c1ccc(N[C@H](C(=O)N3CC[C@@]4(O)CCCC[C@@H]4C3)C(C)C)c(=O)cc1[C@@H](NC(C)=O)CC2. The van der Waals surface area contributed by atoms with Gasteiger partial charge in [-0.1, -0.05) is 32.8 Å². The highest BCUT2D eigenvalue weighted by Gasteiger charge is 2.45. The first kappa shape index (κ1) is 32.6. The molecule has 1 aliphatic heterocycles. The van der Waals surface area contributed by atoms with E-state index in [4.69, 9.17) is 14.2 Å². The summed E-state index contributed by atoms with van der Waals surface area (Å²) in [6, 6.07) is 6.00. The number of aryl methyl sites for hydroxylation is 1. The Labute approximate surface area is 265 Å². The molecule has 10 heteroatoms. The van der Waals surface area contributed by atoms with Gasteiger partial charge in [0.2, 0.25) is 23.0 Å². The Kier molecular flexibility index (Phi) is 9.63. The van der Waals surface area contributed by atoms with E-state index in [1.54, 1.807) is 33.5 Å². The number of rotatable bonds is 8. The van der Waals surface area contributed by atoms with E-state index in [0.717, 1.165) is 42.4 Å². The number of hydrogen-bond acceptors (Lipinski definition) is 8. The van der Waals surface area contributed by atoms with Crippen LogP contribution < -0.4 is 30.3 Å². The van der Waals surface area contributed by atoms with Gasteiger partial charge in [-0.3, -0.25) is 14.4 Å². The van der Waals surface area contributed by atoms with Crippen LogP contribution in [0.2, 0.25) is 0 Å². The minimum atomic E-state index is -0.683. The average molecular weight is 622 g/mol. The molecule has 2 aromatic rings. The Morgan fingerprint density at radius 3 is 2.44 bits per heavy atom. The molecule has 0 spiro atoms. The number of amides is 2. The van der Waals surface area contributed by atoms with Crippen molar-refractivity contribution in [1.29, 1.82) is 0 Å². The molecule has 0 bridgehead atoms. The molecule has 2 amide bonds. The number of carbonyl (C=O) groups excluding carboxylic acids is 2. The first-order chi connectivity index (χ1) is 21.5. The van der Waals surface area contributed by atoms with E-state index < -0.39 is 17.7 Å². The van der Waals surface area contributed by atoms with E-state index in [1.807, 2.05) is 30.9 Å². The fourth-order valence-corrected chi connectivity index (χ4v) is 7.48. The fraction of sp³-hybridized carbons (Fsp3) is 0.571. The number of hydrogen-bond donors (Lipinski definition) is 3. The van der Waals surface area contributed by atoms with Gasteiger partial charge in [0.05, 0.1) is 38.7 Å². The molecule has 4 atom stereocenters. The molecule has 1 saturated carbocycles. The maximum absolute atomic E-state index is 14.0. The zero-order valence-electron chi connectivity index (χ0n) is 27.3. The highest BCUT2D eigenvalue weighted by molar-refractivity contribution is 5.86. The van der Waals surface area contributed by atoms with Crippen LogP contribution in [-0.2, 0) is 16.0 Å². The van der Waals surface area contributed by atoms with Gasteiger partial charge in [-0.15, -0.1) is 0 Å². The van der Waals surface area contributed by atoms with Crippen molar-refractivity contribution in [2.75, 3.05) is 39.7 Å². The van der Waals surface area contributed by atoms with E-state index in [-0.39, 0.29) is 29.1 Å². The van der Waals surface area contributed by atoms with Crippen molar-refractivity contribution in [2.24, 2.45) is 11.8 Å². The van der Waals surface area contributed by atoms with Gasteiger partial charge >= 0.3 is 0 Å². The van der Waals surface area contributed by atoms with Gasteiger partial charge in [-0.25, -0.2) is 0 Å². The van der Waals surface area contributed by atoms with Gasteiger partial charge in [0.1, 0.15) is 6.04 Å². The number of nitrogens with one attached hydrogen (secondary N) is 2. The van der Waals surface area contributed by atoms with Crippen molar-refractivity contribution in [3.8, 4) is 28.4 Å². The monoisotopic (exact) mass is 621 g/mol. The lowest BCUT2D eigenvalue weighted by molar-refractivity contribution is -0.145. The Hall–Kier alpha value is -3.79. The Morgan fingerprint density at radius 1 is 1.02 bits per heavy atom. The molecule has 2 aromatic carbocycles. The molecule has 1 saturated heterocycles. The summed E-state index contributed by atoms with van der Waals surface area (Å²) in [5.41, 5.74) is 2.42. The molecule has 5 rings (SSSR count). The number of anilines is 1. The van der Waals surface area contributed by atoms with Crippen LogP contribution in [0, 0.1) is 11.8 Å². The molecule has 3 N–H and O–H groups in total. The topological polar surface area (TPSA) is 126 Å². The third-order valence-corrected chi connectivity index (χ3v) is 9.90. The smallest absolute Gasteiger partial charge is 0.245 e. The van der Waals surface area contributed by atoms with Crippen LogP contribution in [0.1, 0.15) is 76.5 Å². The highest BCUT2D eigenvalue weighted by atomic mass is 16.5. The van der Waals surface area contributed by atoms with Crippen LogP contribution in [0.4, 0.5) is 5.69 Å². The van der Waals surface area contributed by atoms with Gasteiger partial charge < -0.3 is 34.9 Å². The zero-order chi connectivity index (χ0) is 32.5. The van der Waals surface area contributed by atoms with Gasteiger partial charge in [-0.05, 0) is 72.9 Å². The third kappa shape index (κ3) is 6.34. The lowest BCUT2D eigenvalue weighted by Crippen LogP contribution is -2.57. The first-order valence-electron chi connectivity index (χ1n) is 16.1. The molecule has 2 fully saturated rings. The van der Waals surface area contributed by atoms with Crippen LogP contribution in [0.15, 0.2) is 29.1 Å². The fourth-order valence-electron chi connectivity index (χ4n) is 7.48. The molecular formula is C35H47N3O7. The minimum absolute atomic E-state index is 0.0648. The van der Waals surface area contributed by atoms with Gasteiger partial charge in [0.25, 0.3) is 0 Å². The summed E-state index contributed by atoms with van der Waals surface area (Å²) in [4.78, 5) is 42.0. The van der Waals surface area contributed by atoms with Gasteiger partial charge in [0.15, 0.2) is 11.5 Å². The number of benzene rings is 1. The van der Waals surface area contributed by atoms with E-state index in [2.05, 4.69) is 10.6 Å². The number of aliphatic hydroxyl groups is 1. The number of piperidine rings is 1. The lowest BCUT2D eigenvalue weighted by Gasteiger charge is -2.48. The van der Waals surface area contributed by atoms with E-state index in [1.165, 1.54) is 6.92 Å². The van der Waals surface area contributed by atoms with Crippen molar-refractivity contribution in [1.82, 2.24) is 10.2 Å². The Bertz CT molecular complexity index is 1510. The molecule has 0 radical (unpaired) electrons. The predicted molar refractivity (Wildman–Crippen MR) is 173 cm³/mol. The maximum Gasteiger partial charge on any atom is 0.245 e. The van der Waals surface area contributed by atoms with E-state index >= 15 is 0 Å². The van der Waals surface area contributed by atoms with Crippen LogP contribution in [0.3, 0.4) is 0 Å². The Morgan fingerprint density at radius 2 is 1.78 bits per heavy atom. The number of nitrogens with zero attached hydrogens (tertiary/aromatic N) is 1. The minimum Gasteiger partial charge on any atom is -0.493 e. The number of fused-ring (bicyclic) bond motifs is 4. The van der Waals surface area contributed by atoms with Crippen LogP contribution in [0.5, 0.6) is 17.2 Å². The second-order valence-corrected chi connectivity index (χ2v) is 13.0. The summed E-state index contributed by atoms with van der Waals surface area (Å²) in [6.45, 7) is 6.42. The second kappa shape index (κ2) is 13.3. The summed E-state index contributed by atoms with van der Waals surface area (Å²) in [7, 11) is 4.69. The van der Waals surface area contributed by atoms with Crippen molar-refractivity contribution in [3.05, 3.63) is 45.6 Å². The molecular weight excluding hydrogens is 574 g/mol. The average Bonchev–Trinajstić information content (AvgIpc) is 3.25. The predicted octanol–water partition coefficient (Wildman–Crippen LogP) is 4.45. The molecule has 0 unspecified atom stereocenters. The summed E-state index contributed by atoms with van der Waals surface area (Å²) < 4.78 is 17.2. The summed E-state index contributed by atoms with van der Waals surface area (Å²) >= 11 is 0. The number of ether oxygens (including phenoxy) is 3. The van der Waals surface area contributed by atoms with Crippen molar-refractivity contribution >= 4 is 17.5 Å². The molecule has 10 nitrogen and oxygen atoms in total. The standard InChI is InChI=1S/C35H47N3O7/c1-20(2)31(34(41)38-16-15-35(42)14-8-7-9-23(35)19-38)37-27-13-11-24-25(18-28(27)40)26(36-21(3)39)12-10-22-17-29(43-4)32(44-5)33(45-6)30(22)24/h11,13,17-18,20,23,26,31,42H,7-10,12,14-16,19H2,1-6H3,(H,36,39)(H,37,40)/t23-,26+,31+,35+/m1/s1. The normalized spacial score (nSPS) is 23.1. The van der Waals surface area contributed by atoms with Gasteiger partial charge in [-0.2, -0.15) is 0 Å². The van der Waals surface area contributed by atoms with Crippen LogP contribution in [-0.4, -0.2) is 67.9 Å². The summed E-state index contributed by atoms with van der Waals surface area (Å²) in [5.74, 6) is 1.16. The van der Waals surface area contributed by atoms with E-state index in [9.17, 15) is 19.5 Å². The summed E-state index contributed by atoms with van der Waals surface area (Å²) in [6.07, 6.45) is 5.54. The lowest BCUT2D eigenvalue weighted by atomic mass is 9.71. The second-order valence-electron chi connectivity index (χ2n) is 13.0. The molecule has 244 valence electrons. The number of carbonyl (C=O) groups is 2. The zero-order valence-corrected chi connectivity index (χ0v) is 27.3. The molecule has 3 aliphatic rings. The third-order valence-electron chi connectivity index (χ3n) is 9.90. The Balaban J connectivity index is 1.56. The molecule has 2 aliphatic carbocycles. The first-order valence-corrected chi connectivity index (χ1v) is 16.1. The van der Waals surface area contributed by atoms with Gasteiger partial charge in [0, 0.05) is 31.5 Å². The highest BCUT2D eigenvalue weighted by Crippen LogP contribution is 2.50. The summed E-state index contributed by atoms with van der Waals surface area (Å²) in [5, 5.41) is 17.5. The molecule has 1 heterocycles. The quantitative estimate of drug-likeness (QED) is 0.395. The molecule has 0 aromatic heterocycles. The van der Waals surface area contributed by atoms with Crippen LogP contribution >= 0.6 is 0 Å². The van der Waals surface area contributed by atoms with E-state index in [0.29, 0.717) is 60.9 Å². The largest absolute Gasteiger partial charge is 0.493 e. The van der Waals surface area contributed by atoms with Crippen molar-refractivity contribution < 1.29 is 28.9 Å².